The highest BCUT2D eigenvalue weighted by Gasteiger charge is 2.48. The number of amides is 1. The molecule has 0 bridgehead atoms. The highest BCUT2D eigenvalue weighted by molar-refractivity contribution is 7.17. The van der Waals surface area contributed by atoms with Crippen LogP contribution in [0, 0.1) is 6.92 Å². The minimum Gasteiger partial charge on any atom is -0.507 e. The number of pyridine rings is 1. The number of ether oxygens (including phenoxy) is 2. The van der Waals surface area contributed by atoms with E-state index in [4.69, 9.17) is 9.47 Å². The van der Waals surface area contributed by atoms with E-state index in [9.17, 15) is 24.6 Å². The maximum absolute atomic E-state index is 13.3. The maximum Gasteiger partial charge on any atom is 0.350 e. The molecule has 2 N–H and O–H groups in total. The quantitative estimate of drug-likeness (QED) is 0.162. The molecule has 10 nitrogen and oxygen atoms in total. The van der Waals surface area contributed by atoms with E-state index < -0.39 is 29.5 Å². The predicted molar refractivity (Wildman–Crippen MR) is 131 cm³/mol. The number of carbonyl (C=O) groups excluding carboxylic acids is 3. The molecule has 1 fully saturated rings. The van der Waals surface area contributed by atoms with Gasteiger partial charge in [-0.1, -0.05) is 30.1 Å². The molecule has 2 aromatic heterocycles. The van der Waals surface area contributed by atoms with Crippen molar-refractivity contribution in [3.05, 3.63) is 82.7 Å². The van der Waals surface area contributed by atoms with Gasteiger partial charge in [0.25, 0.3) is 5.78 Å². The summed E-state index contributed by atoms with van der Waals surface area (Å²) in [5.41, 5.74) is 0.760. The smallest absolute Gasteiger partial charge is 0.350 e. The number of aliphatic hydroxyl groups is 1. The van der Waals surface area contributed by atoms with E-state index in [0.29, 0.717) is 11.3 Å². The van der Waals surface area contributed by atoms with Gasteiger partial charge in [0, 0.05) is 18.0 Å². The molecule has 1 atom stereocenters. The van der Waals surface area contributed by atoms with Crippen LogP contribution in [0.3, 0.4) is 0 Å². The van der Waals surface area contributed by atoms with Gasteiger partial charge in [0.15, 0.2) is 16.6 Å². The summed E-state index contributed by atoms with van der Waals surface area (Å²) in [7, 11) is 1.36. The van der Waals surface area contributed by atoms with E-state index >= 15 is 0 Å². The fourth-order valence-corrected chi connectivity index (χ4v) is 4.74. The van der Waals surface area contributed by atoms with E-state index in [1.165, 1.54) is 55.9 Å². The number of hydrogen-bond acceptors (Lipinski definition) is 10. The molecule has 1 aromatic carbocycles. The Kier molecular flexibility index (Phi) is 6.84. The molecule has 11 heteroatoms. The van der Waals surface area contributed by atoms with E-state index in [0.717, 1.165) is 16.2 Å². The number of phenolic OH excluding ortho intramolecular Hbond substituents is 1. The molecule has 0 aliphatic carbocycles. The number of phenols is 1. The number of benzene rings is 1. The number of anilines is 1. The molecule has 1 unspecified atom stereocenters. The number of aromatic hydroxyl groups is 1. The van der Waals surface area contributed by atoms with Crippen LogP contribution in [0.1, 0.15) is 32.5 Å². The van der Waals surface area contributed by atoms with Gasteiger partial charge in [-0.15, -0.1) is 0 Å². The number of Topliss-reactive ketones (excluding diaryl/α,β-unsaturated/α-hetero) is 1. The van der Waals surface area contributed by atoms with Crippen LogP contribution in [0.5, 0.6) is 11.5 Å². The third kappa shape index (κ3) is 4.31. The summed E-state index contributed by atoms with van der Waals surface area (Å²) in [6.45, 7) is 5.08. The van der Waals surface area contributed by atoms with Gasteiger partial charge in [-0.25, -0.2) is 9.78 Å². The third-order valence-corrected chi connectivity index (χ3v) is 6.56. The first-order chi connectivity index (χ1) is 17.3. The van der Waals surface area contributed by atoms with Crippen LogP contribution in [0.15, 0.2) is 61.0 Å². The molecule has 1 saturated heterocycles. The summed E-state index contributed by atoms with van der Waals surface area (Å²) in [4.78, 5) is 48.5. The molecule has 3 heterocycles. The second-order valence-electron chi connectivity index (χ2n) is 7.63. The molecule has 1 aliphatic rings. The maximum atomic E-state index is 13.3. The van der Waals surface area contributed by atoms with Crippen molar-refractivity contribution in [1.82, 2.24) is 9.97 Å². The van der Waals surface area contributed by atoms with Crippen LogP contribution < -0.4 is 9.64 Å². The lowest BCUT2D eigenvalue weighted by atomic mass is 9.95. The zero-order valence-electron chi connectivity index (χ0n) is 19.3. The number of rotatable bonds is 7. The Morgan fingerprint density at radius 1 is 1.25 bits per heavy atom. The van der Waals surface area contributed by atoms with Gasteiger partial charge in [-0.2, -0.15) is 0 Å². The molecule has 0 saturated carbocycles. The van der Waals surface area contributed by atoms with Crippen LogP contribution in [-0.2, 0) is 14.3 Å². The summed E-state index contributed by atoms with van der Waals surface area (Å²) in [5, 5.41) is 21.2. The summed E-state index contributed by atoms with van der Waals surface area (Å²) in [5.74, 6) is -2.98. The average Bonchev–Trinajstić information content (AvgIpc) is 3.39. The summed E-state index contributed by atoms with van der Waals surface area (Å²) in [6, 6.07) is 6.18. The molecule has 1 aliphatic heterocycles. The zero-order chi connectivity index (χ0) is 26.0. The van der Waals surface area contributed by atoms with Gasteiger partial charge < -0.3 is 19.7 Å². The average molecular weight is 508 g/mol. The van der Waals surface area contributed by atoms with Crippen LogP contribution in [0.25, 0.3) is 5.76 Å². The highest BCUT2D eigenvalue weighted by atomic mass is 32.1. The lowest BCUT2D eigenvalue weighted by Crippen LogP contribution is -2.29. The number of carbonyl (C=O) groups is 3. The predicted octanol–water partition coefficient (Wildman–Crippen LogP) is 3.53. The molecular formula is C25H21N3O7S. The minimum atomic E-state index is -1.13. The fraction of sp³-hybridized carbons (Fsp3) is 0.160. The molecular weight excluding hydrogens is 486 g/mol. The second-order valence-corrected chi connectivity index (χ2v) is 8.61. The third-order valence-electron chi connectivity index (χ3n) is 5.43. The second kappa shape index (κ2) is 10.0. The first-order valence-corrected chi connectivity index (χ1v) is 11.4. The summed E-state index contributed by atoms with van der Waals surface area (Å²) in [6.07, 6.45) is 4.30. The Labute approximate surface area is 209 Å². The lowest BCUT2D eigenvalue weighted by molar-refractivity contribution is -0.132. The Morgan fingerprint density at radius 2 is 1.97 bits per heavy atom. The molecule has 36 heavy (non-hydrogen) atoms. The van der Waals surface area contributed by atoms with E-state index in [-0.39, 0.29) is 39.3 Å². The number of aliphatic hydroxyl groups excluding tert-OH is 1. The molecule has 1 amide bonds. The van der Waals surface area contributed by atoms with Crippen molar-refractivity contribution < 1.29 is 34.1 Å². The van der Waals surface area contributed by atoms with Crippen molar-refractivity contribution in [3.8, 4) is 11.5 Å². The SMILES string of the molecule is C=CCOC(=O)c1sc(N2C(=O)C(=O)C(=C(O)c3ccncc3)C2c2ccc(O)c(OC)c2)nc1C. The van der Waals surface area contributed by atoms with Crippen LogP contribution >= 0.6 is 11.3 Å². The minimum absolute atomic E-state index is 0.00471. The van der Waals surface area contributed by atoms with Gasteiger partial charge >= 0.3 is 11.9 Å². The van der Waals surface area contributed by atoms with Crippen molar-refractivity contribution in [2.24, 2.45) is 0 Å². The number of aromatic nitrogens is 2. The van der Waals surface area contributed by atoms with Gasteiger partial charge in [-0.3, -0.25) is 19.5 Å². The molecule has 0 spiro atoms. The molecule has 4 rings (SSSR count). The monoisotopic (exact) mass is 507 g/mol. The van der Waals surface area contributed by atoms with Gasteiger partial charge in [-0.05, 0) is 36.8 Å². The van der Waals surface area contributed by atoms with Crippen LogP contribution in [0.2, 0.25) is 0 Å². The highest BCUT2D eigenvalue weighted by Crippen LogP contribution is 2.45. The number of esters is 1. The van der Waals surface area contributed by atoms with Crippen molar-refractivity contribution in [2.45, 2.75) is 13.0 Å². The lowest BCUT2D eigenvalue weighted by Gasteiger charge is -2.23. The van der Waals surface area contributed by atoms with Crippen molar-refractivity contribution in [3.63, 3.8) is 0 Å². The molecule has 3 aromatic rings. The number of hydrogen-bond donors (Lipinski definition) is 2. The fourth-order valence-electron chi connectivity index (χ4n) is 3.75. The van der Waals surface area contributed by atoms with Gasteiger partial charge in [0.1, 0.15) is 17.2 Å². The summed E-state index contributed by atoms with van der Waals surface area (Å²) < 4.78 is 10.3. The topological polar surface area (TPSA) is 139 Å². The first kappa shape index (κ1) is 24.6. The number of thiazole rings is 1. The van der Waals surface area contributed by atoms with Crippen molar-refractivity contribution >= 4 is 39.9 Å². The van der Waals surface area contributed by atoms with Gasteiger partial charge in [0.2, 0.25) is 0 Å². The van der Waals surface area contributed by atoms with Crippen molar-refractivity contribution in [2.75, 3.05) is 18.6 Å². The Balaban J connectivity index is 1.91. The zero-order valence-corrected chi connectivity index (χ0v) is 20.1. The summed E-state index contributed by atoms with van der Waals surface area (Å²) >= 11 is 0.880. The Morgan fingerprint density at radius 3 is 2.64 bits per heavy atom. The number of methoxy groups -OCH3 is 1. The van der Waals surface area contributed by atoms with Crippen molar-refractivity contribution in [1.29, 1.82) is 0 Å². The van der Waals surface area contributed by atoms with E-state index in [1.54, 1.807) is 6.92 Å². The molecule has 0 radical (unpaired) electrons. The number of nitrogens with zero attached hydrogens (tertiary/aromatic N) is 3. The van der Waals surface area contributed by atoms with Crippen LogP contribution in [0.4, 0.5) is 5.13 Å². The van der Waals surface area contributed by atoms with Crippen LogP contribution in [-0.4, -0.2) is 51.6 Å². The number of aryl methyl sites for hydroxylation is 1. The van der Waals surface area contributed by atoms with Gasteiger partial charge in [0.05, 0.1) is 24.4 Å². The number of ketones is 1. The first-order valence-electron chi connectivity index (χ1n) is 10.6. The normalized spacial score (nSPS) is 16.7. The van der Waals surface area contributed by atoms with E-state index in [1.807, 2.05) is 0 Å². The standard InChI is InChI=1S/C25H21N3O7S/c1-4-11-35-24(33)22-13(2)27-25(36-22)28-19(15-5-6-16(29)17(12-15)34-3)18(21(31)23(28)32)20(30)14-7-9-26-10-8-14/h4-10,12,19,29-30H,1,11H2,2-3H3. The molecule has 184 valence electrons. The van der Waals surface area contributed by atoms with E-state index in [2.05, 4.69) is 16.5 Å². The largest absolute Gasteiger partial charge is 0.507 e. The Hall–Kier alpha value is -4.51. The Bertz CT molecular complexity index is 1400.